The molecule has 0 radical (unpaired) electrons. The molecule has 0 spiro atoms. The average molecular weight is 346 g/mol. The zero-order valence-electron chi connectivity index (χ0n) is 12.0. The Kier molecular flexibility index (Phi) is 5.20. The highest BCUT2D eigenvalue weighted by Crippen LogP contribution is 2.48. The van der Waals surface area contributed by atoms with Gasteiger partial charge in [0.1, 0.15) is 0 Å². The number of benzene rings is 2. The normalized spacial score (nSPS) is 12.7. The molecule has 2 rings (SSSR count). The Bertz CT molecular complexity index is 760. The molecule has 2 aromatic rings. The first-order valence-electron chi connectivity index (χ1n) is 6.23. The third-order valence-corrected chi connectivity index (χ3v) is 5.63. The predicted molar refractivity (Wildman–Crippen MR) is 82.0 cm³/mol. The molecule has 2 N–H and O–H groups in total. The monoisotopic (exact) mass is 346 g/mol. The number of fused-ring (bicyclic) bond motifs is 1. The molecule has 0 amide bonds. The minimum atomic E-state index is -4.65. The van der Waals surface area contributed by atoms with Crippen molar-refractivity contribution >= 4 is 31.5 Å². The van der Waals surface area contributed by atoms with Gasteiger partial charge < -0.3 is 18.8 Å². The first-order valence-corrected chi connectivity index (χ1v) is 9.31. The summed E-state index contributed by atoms with van der Waals surface area (Å²) in [5.41, 5.74) is 0.328. The summed E-state index contributed by atoms with van der Waals surface area (Å²) in [7, 11) is -5.78. The van der Waals surface area contributed by atoms with Gasteiger partial charge in [-0.05, 0) is 16.3 Å². The highest BCUT2D eigenvalue weighted by Gasteiger charge is 2.30. The zero-order valence-corrected chi connectivity index (χ0v) is 13.8. The Morgan fingerprint density at radius 2 is 1.64 bits per heavy atom. The Morgan fingerprint density at radius 1 is 1.00 bits per heavy atom. The van der Waals surface area contributed by atoms with Crippen LogP contribution >= 0.6 is 15.4 Å². The fraction of sp³-hybridized carbons (Fsp3) is 0.231. The molecule has 2 aromatic carbocycles. The number of hydrogen-bond acceptors (Lipinski definition) is 5. The Labute approximate surface area is 127 Å². The van der Waals surface area contributed by atoms with Gasteiger partial charge in [-0.25, -0.2) is 4.57 Å². The summed E-state index contributed by atoms with van der Waals surface area (Å²) in [5.74, 6) is 0. The number of phosphoric acid groups is 1. The molecular formula is C13H16O7P2. The quantitative estimate of drug-likeness (QED) is 0.775. The lowest BCUT2D eigenvalue weighted by Crippen LogP contribution is -2.16. The topological polar surface area (TPSA) is 102 Å². The zero-order chi connectivity index (χ0) is 16.4. The van der Waals surface area contributed by atoms with Crippen LogP contribution in [0, 0.1) is 0 Å². The van der Waals surface area contributed by atoms with Crippen LogP contribution in [0.2, 0.25) is 0 Å². The smallest absolute Gasteiger partial charge is 0.309 e. The van der Waals surface area contributed by atoms with Crippen molar-refractivity contribution in [1.29, 1.82) is 0 Å². The van der Waals surface area contributed by atoms with E-state index in [-0.39, 0.29) is 5.30 Å². The van der Waals surface area contributed by atoms with Gasteiger partial charge in [-0.3, -0.25) is 9.09 Å². The molecule has 0 saturated heterocycles. The number of hydrogen-bond donors (Lipinski definition) is 2. The summed E-state index contributed by atoms with van der Waals surface area (Å²) in [6.07, 6.45) is 0. The lowest BCUT2D eigenvalue weighted by atomic mass is 10.1. The van der Waals surface area contributed by atoms with Crippen molar-refractivity contribution in [3.63, 3.8) is 0 Å². The Morgan fingerprint density at radius 3 is 2.23 bits per heavy atom. The van der Waals surface area contributed by atoms with Gasteiger partial charge in [0.25, 0.3) is 0 Å². The molecule has 0 aliphatic rings. The van der Waals surface area contributed by atoms with Crippen molar-refractivity contribution in [1.82, 2.24) is 0 Å². The summed E-state index contributed by atoms with van der Waals surface area (Å²) in [4.78, 5) is 17.7. The maximum atomic E-state index is 12.8. The van der Waals surface area contributed by atoms with Gasteiger partial charge in [-0.15, -0.1) is 0 Å². The maximum Gasteiger partial charge on any atom is 0.469 e. The van der Waals surface area contributed by atoms with Crippen LogP contribution in [-0.4, -0.2) is 24.0 Å². The maximum absolute atomic E-state index is 12.8. The number of phosphoric ester groups is 1. The summed E-state index contributed by atoms with van der Waals surface area (Å²) >= 11 is 0. The highest BCUT2D eigenvalue weighted by molar-refractivity contribution is 7.62. The van der Waals surface area contributed by atoms with Gasteiger partial charge in [0.05, 0.1) is 11.9 Å². The van der Waals surface area contributed by atoms with Crippen LogP contribution in [0.25, 0.3) is 10.8 Å². The van der Waals surface area contributed by atoms with Crippen LogP contribution < -0.4 is 5.30 Å². The molecule has 0 fully saturated rings. The van der Waals surface area contributed by atoms with Crippen molar-refractivity contribution in [2.45, 2.75) is 6.61 Å². The van der Waals surface area contributed by atoms with E-state index in [4.69, 9.17) is 18.8 Å². The van der Waals surface area contributed by atoms with Crippen LogP contribution in [0.15, 0.2) is 36.4 Å². The molecule has 0 bridgehead atoms. The van der Waals surface area contributed by atoms with E-state index in [0.29, 0.717) is 10.9 Å². The summed E-state index contributed by atoms with van der Waals surface area (Å²) in [6.45, 7) is -0.416. The largest absolute Gasteiger partial charge is 0.469 e. The van der Waals surface area contributed by atoms with Gasteiger partial charge >= 0.3 is 15.4 Å². The molecule has 0 saturated carbocycles. The van der Waals surface area contributed by atoms with E-state index in [9.17, 15) is 9.13 Å². The first kappa shape index (κ1) is 17.3. The molecule has 0 aromatic heterocycles. The molecule has 22 heavy (non-hydrogen) atoms. The fourth-order valence-corrected chi connectivity index (χ4v) is 3.96. The van der Waals surface area contributed by atoms with Crippen LogP contribution in [0.4, 0.5) is 0 Å². The van der Waals surface area contributed by atoms with Crippen molar-refractivity contribution < 1.29 is 32.5 Å². The summed E-state index contributed by atoms with van der Waals surface area (Å²) in [5, 5.41) is 1.65. The molecule has 7 nitrogen and oxygen atoms in total. The average Bonchev–Trinajstić information content (AvgIpc) is 2.50. The predicted octanol–water partition coefficient (Wildman–Crippen LogP) is 2.56. The summed E-state index contributed by atoms with van der Waals surface area (Å²) < 4.78 is 38.3. The van der Waals surface area contributed by atoms with Gasteiger partial charge in [0, 0.05) is 14.2 Å². The van der Waals surface area contributed by atoms with Crippen LogP contribution in [-0.2, 0) is 29.3 Å². The molecule has 120 valence electrons. The summed E-state index contributed by atoms with van der Waals surface area (Å²) in [6, 6.07) is 10.5. The molecule has 0 aliphatic carbocycles. The third-order valence-electron chi connectivity index (χ3n) is 3.13. The van der Waals surface area contributed by atoms with E-state index >= 15 is 0 Å². The van der Waals surface area contributed by atoms with E-state index in [1.54, 1.807) is 24.3 Å². The van der Waals surface area contributed by atoms with Gasteiger partial charge in [0.15, 0.2) is 0 Å². The lowest BCUT2D eigenvalue weighted by molar-refractivity contribution is 0.189. The van der Waals surface area contributed by atoms with Crippen LogP contribution in [0.5, 0.6) is 0 Å². The first-order chi connectivity index (χ1) is 10.3. The molecule has 0 atom stereocenters. The fourth-order valence-electron chi connectivity index (χ4n) is 2.15. The minimum Gasteiger partial charge on any atom is -0.309 e. The second-order valence-electron chi connectivity index (χ2n) is 4.42. The lowest BCUT2D eigenvalue weighted by Gasteiger charge is -2.20. The van der Waals surface area contributed by atoms with Crippen molar-refractivity contribution in [3.8, 4) is 0 Å². The van der Waals surface area contributed by atoms with E-state index in [1.165, 1.54) is 14.2 Å². The van der Waals surface area contributed by atoms with Crippen molar-refractivity contribution in [2.24, 2.45) is 0 Å². The second kappa shape index (κ2) is 6.60. The second-order valence-corrected chi connectivity index (χ2v) is 7.83. The Balaban J connectivity index is 2.66. The standard InChI is InChI=1S/C13H16O7P2/c1-18-21(14,19-2)13-11(9-20-22(15,16)17)8-7-10-5-3-4-6-12(10)13/h3-8H,9H2,1-2H3,(H2,15,16,17). The van der Waals surface area contributed by atoms with Crippen LogP contribution in [0.1, 0.15) is 5.56 Å². The van der Waals surface area contributed by atoms with E-state index in [2.05, 4.69) is 4.52 Å². The number of rotatable bonds is 6. The van der Waals surface area contributed by atoms with Gasteiger partial charge in [0.2, 0.25) is 0 Å². The van der Waals surface area contributed by atoms with E-state index < -0.39 is 22.0 Å². The Hall–Kier alpha value is -1.04. The van der Waals surface area contributed by atoms with Gasteiger partial charge in [-0.2, -0.15) is 0 Å². The SMILES string of the molecule is COP(=O)(OC)c1c(COP(=O)(O)O)ccc2ccccc12. The van der Waals surface area contributed by atoms with Crippen molar-refractivity contribution in [2.75, 3.05) is 14.2 Å². The molecule has 0 aliphatic heterocycles. The highest BCUT2D eigenvalue weighted by atomic mass is 31.2. The third kappa shape index (κ3) is 3.65. The van der Waals surface area contributed by atoms with E-state index in [0.717, 1.165) is 5.39 Å². The van der Waals surface area contributed by atoms with Crippen LogP contribution in [0.3, 0.4) is 0 Å². The molecule has 9 heteroatoms. The molecule has 0 heterocycles. The van der Waals surface area contributed by atoms with Crippen molar-refractivity contribution in [3.05, 3.63) is 42.0 Å². The molecular weight excluding hydrogens is 330 g/mol. The molecule has 0 unspecified atom stereocenters. The van der Waals surface area contributed by atoms with E-state index in [1.807, 2.05) is 12.1 Å². The minimum absolute atomic E-state index is 0.240. The van der Waals surface area contributed by atoms with Gasteiger partial charge in [-0.1, -0.05) is 36.4 Å².